The Balaban J connectivity index is 1.87. The van der Waals surface area contributed by atoms with Crippen molar-refractivity contribution in [1.29, 1.82) is 0 Å². The second-order valence-electron chi connectivity index (χ2n) is 5.20. The molecule has 19 heavy (non-hydrogen) atoms. The number of hydrogen-bond acceptors (Lipinski definition) is 4. The van der Waals surface area contributed by atoms with Gasteiger partial charge in [0.25, 0.3) is 5.89 Å². The molecule has 2 aromatic rings. The van der Waals surface area contributed by atoms with E-state index in [2.05, 4.69) is 24.0 Å². The fraction of sp³-hybridized carbons (Fsp3) is 0.385. The highest BCUT2D eigenvalue weighted by molar-refractivity contribution is 7.13. The maximum atomic E-state index is 5.77. The Hall–Kier alpha value is -0.840. The third kappa shape index (κ3) is 2.33. The molecule has 0 bridgehead atoms. The number of hydrogen-bond donors (Lipinski definition) is 0. The molecule has 2 atom stereocenters. The van der Waals surface area contributed by atoms with Gasteiger partial charge in [0, 0.05) is 5.92 Å². The van der Waals surface area contributed by atoms with E-state index in [4.69, 9.17) is 27.6 Å². The van der Waals surface area contributed by atoms with Crippen LogP contribution in [0, 0.1) is 11.3 Å². The summed E-state index contributed by atoms with van der Waals surface area (Å²) in [7, 11) is 0. The minimum Gasteiger partial charge on any atom is -0.420 e. The van der Waals surface area contributed by atoms with Crippen molar-refractivity contribution in [2.75, 3.05) is 0 Å². The van der Waals surface area contributed by atoms with Crippen LogP contribution in [0.1, 0.15) is 25.7 Å². The van der Waals surface area contributed by atoms with Crippen LogP contribution in [-0.2, 0) is 0 Å². The van der Waals surface area contributed by atoms with Gasteiger partial charge in [-0.15, -0.1) is 21.5 Å². The maximum Gasteiger partial charge on any atom is 0.257 e. The Morgan fingerprint density at radius 3 is 2.84 bits per heavy atom. The van der Waals surface area contributed by atoms with Crippen molar-refractivity contribution < 1.29 is 4.42 Å². The van der Waals surface area contributed by atoms with Crippen molar-refractivity contribution in [2.45, 2.75) is 19.8 Å². The quantitative estimate of drug-likeness (QED) is 0.812. The van der Waals surface area contributed by atoms with Gasteiger partial charge in [-0.3, -0.25) is 0 Å². The zero-order valence-corrected chi connectivity index (χ0v) is 12.8. The second kappa shape index (κ2) is 4.62. The predicted molar refractivity (Wildman–Crippen MR) is 77.4 cm³/mol. The van der Waals surface area contributed by atoms with Gasteiger partial charge in [0.1, 0.15) is 4.49 Å². The Labute approximate surface area is 125 Å². The summed E-state index contributed by atoms with van der Waals surface area (Å²) in [5.74, 6) is 1.66. The van der Waals surface area contributed by atoms with E-state index in [-0.39, 0.29) is 17.3 Å². The predicted octanol–water partition coefficient (Wildman–Crippen LogP) is 4.86. The van der Waals surface area contributed by atoms with Crippen LogP contribution >= 0.6 is 34.5 Å². The molecule has 6 heteroatoms. The number of nitrogens with zero attached hydrogens (tertiary/aromatic N) is 2. The normalized spacial score (nSPS) is 24.2. The lowest BCUT2D eigenvalue weighted by atomic mass is 10.1. The van der Waals surface area contributed by atoms with Gasteiger partial charge >= 0.3 is 0 Å². The first-order chi connectivity index (χ1) is 9.00. The molecular formula is C13H12Cl2N2OS. The van der Waals surface area contributed by atoms with E-state index in [1.807, 2.05) is 23.6 Å². The lowest BCUT2D eigenvalue weighted by Crippen LogP contribution is -1.90. The summed E-state index contributed by atoms with van der Waals surface area (Å²) in [6, 6.07) is 3.93. The van der Waals surface area contributed by atoms with Crippen LogP contribution in [0.3, 0.4) is 0 Å². The molecule has 3 nitrogen and oxygen atoms in total. The van der Waals surface area contributed by atoms with E-state index >= 15 is 0 Å². The number of thiophene rings is 1. The van der Waals surface area contributed by atoms with Gasteiger partial charge in [-0.2, -0.15) is 0 Å². The molecule has 1 aliphatic carbocycles. The first-order valence-corrected chi connectivity index (χ1v) is 7.54. The summed E-state index contributed by atoms with van der Waals surface area (Å²) >= 11 is 13.1. The molecular weight excluding hydrogens is 303 g/mol. The highest BCUT2D eigenvalue weighted by atomic mass is 35.5. The molecule has 100 valence electrons. The summed E-state index contributed by atoms with van der Waals surface area (Å²) in [6.07, 6.45) is 1.85. The van der Waals surface area contributed by atoms with Gasteiger partial charge in [-0.05, 0) is 28.9 Å². The summed E-state index contributed by atoms with van der Waals surface area (Å²) in [5, 5.41) is 10.3. The van der Waals surface area contributed by atoms with Crippen LogP contribution in [0.25, 0.3) is 10.8 Å². The van der Waals surface area contributed by atoms with E-state index in [0.29, 0.717) is 16.3 Å². The molecule has 2 aromatic heterocycles. The molecule has 0 aromatic carbocycles. The minimum atomic E-state index is 0.0499. The van der Waals surface area contributed by atoms with Gasteiger partial charge < -0.3 is 4.42 Å². The average molecular weight is 315 g/mol. The Kier molecular flexibility index (Phi) is 3.20. The van der Waals surface area contributed by atoms with Crippen molar-refractivity contribution in [1.82, 2.24) is 10.2 Å². The molecule has 1 fully saturated rings. The van der Waals surface area contributed by atoms with Crippen LogP contribution in [-0.4, -0.2) is 10.2 Å². The molecule has 2 heterocycles. The lowest BCUT2D eigenvalue weighted by Gasteiger charge is -1.96. The Bertz CT molecular complexity index is 614. The minimum absolute atomic E-state index is 0.0499. The number of rotatable bonds is 3. The topological polar surface area (TPSA) is 38.9 Å². The average Bonchev–Trinajstić information content (AvgIpc) is 2.84. The van der Waals surface area contributed by atoms with Crippen molar-refractivity contribution in [3.8, 4) is 10.8 Å². The Morgan fingerprint density at radius 2 is 2.21 bits per heavy atom. The summed E-state index contributed by atoms with van der Waals surface area (Å²) in [4.78, 5) is 0.986. The molecule has 2 unspecified atom stereocenters. The zero-order chi connectivity index (χ0) is 13.6. The van der Waals surface area contributed by atoms with E-state index in [1.165, 1.54) is 0 Å². The number of allylic oxidation sites excluding steroid dienone is 1. The van der Waals surface area contributed by atoms with Crippen LogP contribution < -0.4 is 0 Å². The molecule has 0 N–H and O–H groups in total. The van der Waals surface area contributed by atoms with Crippen LogP contribution in [0.15, 0.2) is 32.5 Å². The van der Waals surface area contributed by atoms with E-state index in [9.17, 15) is 0 Å². The van der Waals surface area contributed by atoms with Gasteiger partial charge in [-0.25, -0.2) is 0 Å². The molecule has 1 aliphatic rings. The van der Waals surface area contributed by atoms with Crippen LogP contribution in [0.2, 0.25) is 0 Å². The SMILES string of the molecule is CC1(C)C(C=C(Cl)Cl)C1c1nnc(-c2cccs2)o1. The molecule has 3 rings (SSSR count). The number of aromatic nitrogens is 2. The third-order valence-corrected chi connectivity index (χ3v) is 4.76. The van der Waals surface area contributed by atoms with Gasteiger partial charge in [-0.1, -0.05) is 43.1 Å². The van der Waals surface area contributed by atoms with Crippen molar-refractivity contribution in [2.24, 2.45) is 11.3 Å². The van der Waals surface area contributed by atoms with Crippen LogP contribution in [0.5, 0.6) is 0 Å². The molecule has 0 spiro atoms. The van der Waals surface area contributed by atoms with E-state index in [1.54, 1.807) is 11.3 Å². The monoisotopic (exact) mass is 314 g/mol. The zero-order valence-electron chi connectivity index (χ0n) is 10.4. The highest BCUT2D eigenvalue weighted by Crippen LogP contribution is 2.65. The second-order valence-corrected chi connectivity index (χ2v) is 7.16. The molecule has 0 saturated heterocycles. The first kappa shape index (κ1) is 13.2. The first-order valence-electron chi connectivity index (χ1n) is 5.90. The number of halogens is 2. The summed E-state index contributed by atoms with van der Waals surface area (Å²) in [6.45, 7) is 4.29. The van der Waals surface area contributed by atoms with Crippen molar-refractivity contribution >= 4 is 34.5 Å². The van der Waals surface area contributed by atoms with Gasteiger partial charge in [0.2, 0.25) is 5.89 Å². The third-order valence-electron chi connectivity index (χ3n) is 3.65. The highest BCUT2D eigenvalue weighted by Gasteiger charge is 2.60. The molecule has 0 aliphatic heterocycles. The van der Waals surface area contributed by atoms with Gasteiger partial charge in [0.15, 0.2) is 0 Å². The van der Waals surface area contributed by atoms with Gasteiger partial charge in [0.05, 0.1) is 4.88 Å². The Morgan fingerprint density at radius 1 is 1.42 bits per heavy atom. The molecule has 0 amide bonds. The van der Waals surface area contributed by atoms with Crippen molar-refractivity contribution in [3.05, 3.63) is 34.0 Å². The maximum absolute atomic E-state index is 5.77. The summed E-state index contributed by atoms with van der Waals surface area (Å²) in [5.41, 5.74) is 0.0499. The smallest absolute Gasteiger partial charge is 0.257 e. The standard InChI is InChI=1S/C13H12Cl2N2OS/c1-13(2)7(6-9(14)15)10(13)12-17-16-11(18-12)8-4-3-5-19-8/h3-7,10H,1-2H3. The van der Waals surface area contributed by atoms with Crippen LogP contribution in [0.4, 0.5) is 0 Å². The van der Waals surface area contributed by atoms with E-state index < -0.39 is 0 Å². The fourth-order valence-corrected chi connectivity index (χ4v) is 3.37. The fourth-order valence-electron chi connectivity index (χ4n) is 2.46. The van der Waals surface area contributed by atoms with E-state index in [0.717, 1.165) is 4.88 Å². The lowest BCUT2D eigenvalue weighted by molar-refractivity contribution is 0.477. The molecule has 0 radical (unpaired) electrons. The van der Waals surface area contributed by atoms with Crippen molar-refractivity contribution in [3.63, 3.8) is 0 Å². The molecule has 1 saturated carbocycles. The largest absolute Gasteiger partial charge is 0.420 e. The summed E-state index contributed by atoms with van der Waals surface area (Å²) < 4.78 is 6.06.